The molecule has 0 spiro atoms. The van der Waals surface area contributed by atoms with Crippen molar-refractivity contribution in [3.05, 3.63) is 31.2 Å². The average molecular weight is 343 g/mol. The van der Waals surface area contributed by atoms with E-state index in [1.165, 1.54) is 0 Å². The summed E-state index contributed by atoms with van der Waals surface area (Å²) in [6.45, 7) is 1.75. The Hall–Kier alpha value is -0.990. The van der Waals surface area contributed by atoms with Crippen molar-refractivity contribution in [1.82, 2.24) is 4.98 Å². The van der Waals surface area contributed by atoms with Crippen LogP contribution >= 0.6 is 22.6 Å². The van der Waals surface area contributed by atoms with E-state index in [0.29, 0.717) is 0 Å². The number of carbonyl (C=O) groups is 1. The van der Waals surface area contributed by atoms with Gasteiger partial charge in [-0.25, -0.2) is 13.6 Å². The number of pyridine rings is 1. The van der Waals surface area contributed by atoms with E-state index in [2.05, 4.69) is 9.72 Å². The Kier molecular flexibility index (Phi) is 4.39. The van der Waals surface area contributed by atoms with Gasteiger partial charge in [-0.3, -0.25) is 4.79 Å². The van der Waals surface area contributed by atoms with Gasteiger partial charge in [-0.15, -0.1) is 0 Å². The third kappa shape index (κ3) is 2.77. The van der Waals surface area contributed by atoms with E-state index in [1.807, 2.05) is 0 Å². The highest BCUT2D eigenvalue weighted by molar-refractivity contribution is 14.1. The number of hydrogen-bond donors (Lipinski definition) is 1. The average Bonchev–Trinajstić information content (AvgIpc) is 2.20. The van der Waals surface area contributed by atoms with Crippen molar-refractivity contribution in [3.63, 3.8) is 0 Å². The number of halogens is 3. The van der Waals surface area contributed by atoms with E-state index in [4.69, 9.17) is 0 Å². The van der Waals surface area contributed by atoms with E-state index in [-0.39, 0.29) is 15.9 Å². The van der Waals surface area contributed by atoms with Crippen molar-refractivity contribution in [1.29, 1.82) is 0 Å². The second-order valence-corrected chi connectivity index (χ2v) is 3.96. The SMILES string of the molecule is CCOC(=O)c1[nH]c(=O)c(C(F)F)cc1I. The summed E-state index contributed by atoms with van der Waals surface area (Å²) >= 11 is 1.69. The van der Waals surface area contributed by atoms with Gasteiger partial charge in [0.05, 0.1) is 12.2 Å². The molecule has 1 heterocycles. The van der Waals surface area contributed by atoms with Crippen molar-refractivity contribution < 1.29 is 18.3 Å². The second-order valence-electron chi connectivity index (χ2n) is 2.80. The molecule has 0 unspecified atom stereocenters. The number of hydrogen-bond acceptors (Lipinski definition) is 3. The molecule has 1 rings (SSSR count). The van der Waals surface area contributed by atoms with Gasteiger partial charge in [0.25, 0.3) is 12.0 Å². The molecule has 0 aliphatic heterocycles. The van der Waals surface area contributed by atoms with Gasteiger partial charge in [-0.2, -0.15) is 0 Å². The fourth-order valence-electron chi connectivity index (χ4n) is 1.03. The quantitative estimate of drug-likeness (QED) is 0.676. The van der Waals surface area contributed by atoms with E-state index in [1.54, 1.807) is 29.5 Å². The number of rotatable bonds is 3. The third-order valence-electron chi connectivity index (χ3n) is 1.74. The van der Waals surface area contributed by atoms with Gasteiger partial charge in [0.2, 0.25) is 0 Å². The highest BCUT2D eigenvalue weighted by Crippen LogP contribution is 2.18. The van der Waals surface area contributed by atoms with E-state index in [0.717, 1.165) is 6.07 Å². The van der Waals surface area contributed by atoms with E-state index in [9.17, 15) is 18.4 Å². The minimum atomic E-state index is -2.87. The van der Waals surface area contributed by atoms with Crippen molar-refractivity contribution in [2.45, 2.75) is 13.3 Å². The molecule has 0 radical (unpaired) electrons. The summed E-state index contributed by atoms with van der Waals surface area (Å²) in [5.74, 6) is -0.732. The van der Waals surface area contributed by atoms with Crippen LogP contribution in [0, 0.1) is 3.57 Å². The summed E-state index contributed by atoms with van der Waals surface area (Å²) < 4.78 is 29.6. The van der Waals surface area contributed by atoms with Crippen molar-refractivity contribution in [2.24, 2.45) is 0 Å². The molecular formula is C9H8F2INO3. The number of aromatic amines is 1. The minimum Gasteiger partial charge on any atom is -0.461 e. The molecule has 88 valence electrons. The number of esters is 1. The Bertz CT molecular complexity index is 459. The maximum atomic E-state index is 12.3. The molecule has 0 amide bonds. The Morgan fingerprint density at radius 1 is 1.62 bits per heavy atom. The lowest BCUT2D eigenvalue weighted by Gasteiger charge is -2.05. The van der Waals surface area contributed by atoms with Gasteiger partial charge < -0.3 is 9.72 Å². The summed E-state index contributed by atoms with van der Waals surface area (Å²) in [6.07, 6.45) is -2.87. The monoisotopic (exact) mass is 343 g/mol. The Morgan fingerprint density at radius 3 is 2.75 bits per heavy atom. The van der Waals surface area contributed by atoms with Gasteiger partial charge in [0.15, 0.2) is 0 Å². The zero-order valence-electron chi connectivity index (χ0n) is 8.22. The molecule has 0 aliphatic rings. The summed E-state index contributed by atoms with van der Waals surface area (Å²) in [5.41, 5.74) is -1.73. The lowest BCUT2D eigenvalue weighted by molar-refractivity contribution is 0.0517. The van der Waals surface area contributed by atoms with Gasteiger partial charge in [0, 0.05) is 3.57 Å². The number of aromatic nitrogens is 1. The lowest BCUT2D eigenvalue weighted by Crippen LogP contribution is -2.20. The molecule has 1 aromatic rings. The van der Waals surface area contributed by atoms with E-state index >= 15 is 0 Å². The van der Waals surface area contributed by atoms with Crippen LogP contribution in [0.4, 0.5) is 8.78 Å². The largest absolute Gasteiger partial charge is 0.461 e. The normalized spacial score (nSPS) is 10.6. The summed E-state index contributed by atoms with van der Waals surface area (Å²) in [7, 11) is 0. The van der Waals surface area contributed by atoms with Crippen LogP contribution < -0.4 is 5.56 Å². The molecule has 1 aromatic heterocycles. The molecule has 0 saturated heterocycles. The summed E-state index contributed by atoms with van der Waals surface area (Å²) in [6, 6.07) is 0.982. The zero-order valence-corrected chi connectivity index (χ0v) is 10.4. The van der Waals surface area contributed by atoms with Crippen LogP contribution in [0.15, 0.2) is 10.9 Å². The van der Waals surface area contributed by atoms with E-state index < -0.39 is 23.5 Å². The highest BCUT2D eigenvalue weighted by Gasteiger charge is 2.18. The van der Waals surface area contributed by atoms with Crippen LogP contribution in [0.2, 0.25) is 0 Å². The molecule has 1 N–H and O–H groups in total. The molecule has 0 saturated carbocycles. The minimum absolute atomic E-state index is 0.100. The number of alkyl halides is 2. The van der Waals surface area contributed by atoms with Crippen LogP contribution in [0.5, 0.6) is 0 Å². The second kappa shape index (κ2) is 5.37. The number of H-pyrrole nitrogens is 1. The molecular weight excluding hydrogens is 335 g/mol. The van der Waals surface area contributed by atoms with Crippen LogP contribution in [0.3, 0.4) is 0 Å². The van der Waals surface area contributed by atoms with Gasteiger partial charge in [-0.05, 0) is 35.6 Å². The highest BCUT2D eigenvalue weighted by atomic mass is 127. The molecule has 0 aromatic carbocycles. The number of nitrogens with one attached hydrogen (secondary N) is 1. The molecule has 0 aliphatic carbocycles. The third-order valence-corrected chi connectivity index (χ3v) is 2.59. The lowest BCUT2D eigenvalue weighted by atomic mass is 10.2. The topological polar surface area (TPSA) is 59.2 Å². The molecule has 0 atom stereocenters. The predicted octanol–water partition coefficient (Wildman–Crippen LogP) is 2.09. The van der Waals surface area contributed by atoms with Gasteiger partial charge in [-0.1, -0.05) is 0 Å². The molecule has 4 nitrogen and oxygen atoms in total. The summed E-state index contributed by atoms with van der Waals surface area (Å²) in [5, 5.41) is 0. The van der Waals surface area contributed by atoms with Crippen molar-refractivity contribution in [3.8, 4) is 0 Å². The fourth-order valence-corrected chi connectivity index (χ4v) is 1.72. The number of ether oxygens (including phenoxy) is 1. The molecule has 0 bridgehead atoms. The van der Waals surface area contributed by atoms with Crippen molar-refractivity contribution in [2.75, 3.05) is 6.61 Å². The molecule has 7 heteroatoms. The Labute approximate surface area is 103 Å². The van der Waals surface area contributed by atoms with Gasteiger partial charge in [0.1, 0.15) is 5.69 Å². The number of carbonyl (C=O) groups excluding carboxylic acids is 1. The Morgan fingerprint density at radius 2 is 2.25 bits per heavy atom. The Balaban J connectivity index is 3.21. The van der Waals surface area contributed by atoms with Crippen molar-refractivity contribution >= 4 is 28.6 Å². The summed E-state index contributed by atoms with van der Waals surface area (Å²) in [4.78, 5) is 24.6. The first-order valence-corrected chi connectivity index (χ1v) is 5.43. The first-order chi connectivity index (χ1) is 7.47. The molecule has 16 heavy (non-hydrogen) atoms. The zero-order chi connectivity index (χ0) is 12.3. The van der Waals surface area contributed by atoms with Crippen LogP contribution in [-0.4, -0.2) is 17.6 Å². The standard InChI is InChI=1S/C9H8F2INO3/c1-2-16-9(15)6-5(12)3-4(7(10)11)8(14)13-6/h3,7H,2H2,1H3,(H,13,14). The van der Waals surface area contributed by atoms with Crippen LogP contribution in [0.25, 0.3) is 0 Å². The maximum absolute atomic E-state index is 12.3. The van der Waals surface area contributed by atoms with Gasteiger partial charge >= 0.3 is 5.97 Å². The predicted molar refractivity (Wildman–Crippen MR) is 60.7 cm³/mol. The van der Waals surface area contributed by atoms with Crippen LogP contribution in [0.1, 0.15) is 29.4 Å². The first kappa shape index (κ1) is 13.1. The molecule has 0 fully saturated rings. The first-order valence-electron chi connectivity index (χ1n) is 4.35. The van der Waals surface area contributed by atoms with Crippen LogP contribution in [-0.2, 0) is 4.74 Å². The maximum Gasteiger partial charge on any atom is 0.355 e. The smallest absolute Gasteiger partial charge is 0.355 e. The fraction of sp³-hybridized carbons (Fsp3) is 0.333.